The van der Waals surface area contributed by atoms with Crippen LogP contribution in [-0.2, 0) is 6.54 Å². The van der Waals surface area contributed by atoms with Crippen LogP contribution in [0.3, 0.4) is 0 Å². The summed E-state index contributed by atoms with van der Waals surface area (Å²) < 4.78 is 55.8. The minimum Gasteiger partial charge on any atom is -0.405 e. The fourth-order valence-electron chi connectivity index (χ4n) is 2.35. The fraction of sp³-hybridized carbons (Fsp3) is 0.111. The van der Waals surface area contributed by atoms with E-state index < -0.39 is 23.8 Å². The molecule has 3 aromatic rings. The number of carbonyl (C=O) groups excluding carboxylic acids is 1. The van der Waals surface area contributed by atoms with Gasteiger partial charge in [0.2, 0.25) is 0 Å². The second-order valence-electron chi connectivity index (χ2n) is 5.46. The first kappa shape index (κ1) is 18.4. The predicted octanol–water partition coefficient (Wildman–Crippen LogP) is 3.84. The van der Waals surface area contributed by atoms with Gasteiger partial charge in [-0.3, -0.25) is 4.79 Å². The van der Waals surface area contributed by atoms with Crippen molar-refractivity contribution in [3.63, 3.8) is 0 Å². The molecule has 0 saturated heterocycles. The Labute approximate surface area is 151 Å². The Morgan fingerprint density at radius 3 is 2.63 bits per heavy atom. The van der Waals surface area contributed by atoms with Crippen molar-refractivity contribution in [1.29, 1.82) is 0 Å². The van der Waals surface area contributed by atoms with E-state index in [1.54, 1.807) is 6.07 Å². The highest BCUT2D eigenvalue weighted by Gasteiger charge is 2.32. The summed E-state index contributed by atoms with van der Waals surface area (Å²) in [4.78, 5) is 12.2. The number of nitrogens with one attached hydrogen (secondary N) is 1. The highest BCUT2D eigenvalue weighted by Crippen LogP contribution is 2.26. The number of para-hydroxylation sites is 1. The zero-order chi connectivity index (χ0) is 19.4. The zero-order valence-corrected chi connectivity index (χ0v) is 13.7. The van der Waals surface area contributed by atoms with Crippen molar-refractivity contribution >= 4 is 5.91 Å². The van der Waals surface area contributed by atoms with Gasteiger partial charge in [-0.15, -0.1) is 13.2 Å². The van der Waals surface area contributed by atoms with E-state index in [1.165, 1.54) is 53.3 Å². The van der Waals surface area contributed by atoms with Crippen LogP contribution in [0.25, 0.3) is 5.69 Å². The largest absolute Gasteiger partial charge is 0.573 e. The van der Waals surface area contributed by atoms with Crippen molar-refractivity contribution in [2.75, 3.05) is 0 Å². The van der Waals surface area contributed by atoms with Gasteiger partial charge in [0.25, 0.3) is 5.91 Å². The van der Waals surface area contributed by atoms with Crippen molar-refractivity contribution in [1.82, 2.24) is 15.1 Å². The number of carbonyl (C=O) groups is 1. The van der Waals surface area contributed by atoms with Gasteiger partial charge in [0.15, 0.2) is 5.69 Å². The number of amides is 1. The number of hydrogen-bond acceptors (Lipinski definition) is 3. The van der Waals surface area contributed by atoms with Gasteiger partial charge < -0.3 is 10.1 Å². The minimum absolute atomic E-state index is 0.0356. The maximum absolute atomic E-state index is 13.3. The Kier molecular flexibility index (Phi) is 5.11. The summed E-state index contributed by atoms with van der Waals surface area (Å²) in [5.74, 6) is -1.43. The lowest BCUT2D eigenvalue weighted by atomic mass is 10.2. The summed E-state index contributed by atoms with van der Waals surface area (Å²) in [5, 5.41) is 6.52. The lowest BCUT2D eigenvalue weighted by molar-refractivity contribution is -0.274. The molecule has 0 atom stereocenters. The number of benzene rings is 2. The van der Waals surface area contributed by atoms with Crippen LogP contribution in [0.15, 0.2) is 60.8 Å². The maximum atomic E-state index is 13.3. The smallest absolute Gasteiger partial charge is 0.405 e. The van der Waals surface area contributed by atoms with Crippen LogP contribution in [0.5, 0.6) is 5.75 Å². The van der Waals surface area contributed by atoms with Crippen molar-refractivity contribution in [2.45, 2.75) is 12.9 Å². The zero-order valence-electron chi connectivity index (χ0n) is 13.7. The molecule has 0 aliphatic carbocycles. The molecule has 0 radical (unpaired) electrons. The average molecular weight is 379 g/mol. The molecule has 0 aliphatic rings. The van der Waals surface area contributed by atoms with Crippen LogP contribution in [-0.4, -0.2) is 22.1 Å². The second-order valence-corrected chi connectivity index (χ2v) is 5.46. The first-order valence-electron chi connectivity index (χ1n) is 7.75. The predicted molar refractivity (Wildman–Crippen MR) is 87.8 cm³/mol. The third-order valence-corrected chi connectivity index (χ3v) is 3.53. The molecule has 0 fully saturated rings. The van der Waals surface area contributed by atoms with Crippen LogP contribution in [0.4, 0.5) is 17.6 Å². The van der Waals surface area contributed by atoms with Crippen molar-refractivity contribution in [3.05, 3.63) is 77.9 Å². The minimum atomic E-state index is -4.83. The molecule has 0 unspecified atom stereocenters. The van der Waals surface area contributed by atoms with Gasteiger partial charge in [-0.2, -0.15) is 5.10 Å². The lowest BCUT2D eigenvalue weighted by Crippen LogP contribution is -2.25. The van der Waals surface area contributed by atoms with E-state index in [0.29, 0.717) is 5.69 Å². The molecular weight excluding hydrogens is 366 g/mol. The summed E-state index contributed by atoms with van der Waals surface area (Å²) in [6.45, 7) is -0.183. The van der Waals surface area contributed by atoms with Gasteiger partial charge in [-0.1, -0.05) is 24.3 Å². The Morgan fingerprint density at radius 2 is 1.89 bits per heavy atom. The Bertz CT molecular complexity index is 954. The molecule has 0 bridgehead atoms. The molecule has 1 amide bonds. The first-order chi connectivity index (χ1) is 12.8. The maximum Gasteiger partial charge on any atom is 0.573 e. The molecule has 1 N–H and O–H groups in total. The summed E-state index contributed by atoms with van der Waals surface area (Å²) >= 11 is 0. The van der Waals surface area contributed by atoms with Crippen molar-refractivity contribution in [2.24, 2.45) is 0 Å². The molecule has 140 valence electrons. The van der Waals surface area contributed by atoms with E-state index in [0.717, 1.165) is 6.07 Å². The topological polar surface area (TPSA) is 56.1 Å². The Balaban J connectivity index is 1.69. The molecule has 2 aromatic carbocycles. The van der Waals surface area contributed by atoms with Crippen LogP contribution in [0.2, 0.25) is 0 Å². The third kappa shape index (κ3) is 4.84. The summed E-state index contributed by atoms with van der Waals surface area (Å²) in [6.07, 6.45) is -3.35. The highest BCUT2D eigenvalue weighted by atomic mass is 19.4. The van der Waals surface area contributed by atoms with E-state index in [2.05, 4.69) is 15.2 Å². The number of ether oxygens (including phenoxy) is 1. The molecular formula is C18H13F4N3O2. The number of rotatable bonds is 5. The molecule has 0 aliphatic heterocycles. The second kappa shape index (κ2) is 7.48. The average Bonchev–Trinajstić information content (AvgIpc) is 3.10. The number of hydrogen-bond donors (Lipinski definition) is 1. The third-order valence-electron chi connectivity index (χ3n) is 3.53. The molecule has 1 heterocycles. The molecule has 0 spiro atoms. The molecule has 9 heteroatoms. The van der Waals surface area contributed by atoms with E-state index in [1.807, 2.05) is 0 Å². The molecule has 5 nitrogen and oxygen atoms in total. The quantitative estimate of drug-likeness (QED) is 0.686. The van der Waals surface area contributed by atoms with E-state index in [4.69, 9.17) is 0 Å². The SMILES string of the molecule is O=C(NCc1ccccc1OC(F)(F)F)c1ccn(-c2cccc(F)c2)n1. The molecule has 1 aromatic heterocycles. The monoisotopic (exact) mass is 379 g/mol. The number of alkyl halides is 3. The molecule has 3 rings (SSSR count). The van der Waals surface area contributed by atoms with Gasteiger partial charge in [0, 0.05) is 18.3 Å². The normalized spacial score (nSPS) is 11.3. The van der Waals surface area contributed by atoms with Gasteiger partial charge in [-0.25, -0.2) is 9.07 Å². The van der Waals surface area contributed by atoms with Gasteiger partial charge >= 0.3 is 6.36 Å². The van der Waals surface area contributed by atoms with Gasteiger partial charge in [0.1, 0.15) is 11.6 Å². The van der Waals surface area contributed by atoms with Crippen molar-refractivity contribution in [3.8, 4) is 11.4 Å². The van der Waals surface area contributed by atoms with Crippen molar-refractivity contribution < 1.29 is 27.1 Å². The number of halogens is 4. The van der Waals surface area contributed by atoms with Crippen LogP contribution >= 0.6 is 0 Å². The van der Waals surface area contributed by atoms with Crippen LogP contribution in [0.1, 0.15) is 16.1 Å². The van der Waals surface area contributed by atoms with Gasteiger partial charge in [0.05, 0.1) is 5.69 Å². The summed E-state index contributed by atoms with van der Waals surface area (Å²) in [5.41, 5.74) is 0.624. The molecule has 27 heavy (non-hydrogen) atoms. The van der Waals surface area contributed by atoms with E-state index in [9.17, 15) is 22.4 Å². The van der Waals surface area contributed by atoms with Gasteiger partial charge in [-0.05, 0) is 30.3 Å². The highest BCUT2D eigenvalue weighted by molar-refractivity contribution is 5.92. The Morgan fingerprint density at radius 1 is 1.11 bits per heavy atom. The number of nitrogens with zero attached hydrogens (tertiary/aromatic N) is 2. The summed E-state index contributed by atoms with van der Waals surface area (Å²) in [6, 6.07) is 12.6. The summed E-state index contributed by atoms with van der Waals surface area (Å²) in [7, 11) is 0. The molecule has 0 saturated carbocycles. The Hall–Kier alpha value is -3.36. The fourth-order valence-corrected chi connectivity index (χ4v) is 2.35. The number of aromatic nitrogens is 2. The standard InChI is InChI=1S/C18H13F4N3O2/c19-13-5-3-6-14(10-13)25-9-8-15(24-25)17(26)23-11-12-4-1-2-7-16(12)27-18(20,21)22/h1-10H,11H2,(H,23,26). The van der Waals surface area contributed by atoms with Crippen LogP contribution < -0.4 is 10.1 Å². The van der Waals surface area contributed by atoms with E-state index >= 15 is 0 Å². The van der Waals surface area contributed by atoms with Crippen LogP contribution in [0, 0.1) is 5.82 Å². The lowest BCUT2D eigenvalue weighted by Gasteiger charge is -2.13. The first-order valence-corrected chi connectivity index (χ1v) is 7.75. The van der Waals surface area contributed by atoms with E-state index in [-0.39, 0.29) is 17.8 Å².